The molecule has 3 atom stereocenters. The monoisotopic (exact) mass is 270 g/mol. The lowest BCUT2D eigenvalue weighted by Gasteiger charge is -2.21. The van der Waals surface area contributed by atoms with Crippen molar-refractivity contribution >= 4 is 11.9 Å². The molecule has 1 amide bonds. The summed E-state index contributed by atoms with van der Waals surface area (Å²) in [5, 5.41) is 9.07. The third-order valence-electron chi connectivity index (χ3n) is 3.88. The van der Waals surface area contributed by atoms with E-state index < -0.39 is 11.9 Å². The molecule has 0 aliphatic carbocycles. The first kappa shape index (κ1) is 16.0. The second-order valence-electron chi connectivity index (χ2n) is 6.16. The van der Waals surface area contributed by atoms with E-state index in [0.717, 1.165) is 6.42 Å². The normalized spacial score (nSPS) is 24.8. The number of rotatable bonds is 6. The van der Waals surface area contributed by atoms with Crippen molar-refractivity contribution in [2.75, 3.05) is 19.6 Å². The molecule has 0 unspecified atom stereocenters. The van der Waals surface area contributed by atoms with Gasteiger partial charge >= 0.3 is 5.97 Å². The van der Waals surface area contributed by atoms with Gasteiger partial charge in [0.05, 0.1) is 5.92 Å². The molecular weight excluding hydrogens is 244 g/mol. The van der Waals surface area contributed by atoms with Gasteiger partial charge in [-0.1, -0.05) is 20.8 Å². The van der Waals surface area contributed by atoms with Crippen LogP contribution in [0.1, 0.15) is 33.6 Å². The summed E-state index contributed by atoms with van der Waals surface area (Å²) in [5.41, 5.74) is 5.71. The van der Waals surface area contributed by atoms with Crippen LogP contribution in [0.5, 0.6) is 0 Å². The number of carboxylic acids is 1. The molecule has 1 aliphatic rings. The van der Waals surface area contributed by atoms with Crippen molar-refractivity contribution < 1.29 is 14.7 Å². The number of carbonyl (C=O) groups is 2. The fraction of sp³-hybridized carbons (Fsp3) is 0.857. The molecule has 0 spiro atoms. The molecule has 0 saturated carbocycles. The van der Waals surface area contributed by atoms with Gasteiger partial charge < -0.3 is 15.7 Å². The Hall–Kier alpha value is -1.10. The molecule has 1 rings (SSSR count). The number of amides is 1. The van der Waals surface area contributed by atoms with Crippen LogP contribution in [-0.2, 0) is 9.59 Å². The number of nitrogens with two attached hydrogens (primary N) is 1. The first-order chi connectivity index (χ1) is 8.85. The molecule has 0 bridgehead atoms. The molecule has 1 heterocycles. The number of carbonyl (C=O) groups excluding carboxylic acids is 1. The fourth-order valence-corrected chi connectivity index (χ4v) is 2.80. The van der Waals surface area contributed by atoms with Crippen molar-refractivity contribution in [1.29, 1.82) is 0 Å². The van der Waals surface area contributed by atoms with Crippen LogP contribution in [-0.4, -0.2) is 41.5 Å². The Labute approximate surface area is 115 Å². The van der Waals surface area contributed by atoms with E-state index in [-0.39, 0.29) is 17.7 Å². The zero-order chi connectivity index (χ0) is 14.6. The van der Waals surface area contributed by atoms with Crippen LogP contribution in [0.2, 0.25) is 0 Å². The molecule has 3 N–H and O–H groups in total. The molecule has 1 aliphatic heterocycles. The summed E-state index contributed by atoms with van der Waals surface area (Å²) >= 11 is 0. The van der Waals surface area contributed by atoms with Gasteiger partial charge in [0.25, 0.3) is 0 Å². The van der Waals surface area contributed by atoms with Gasteiger partial charge in [-0.2, -0.15) is 0 Å². The summed E-state index contributed by atoms with van der Waals surface area (Å²) in [6.07, 6.45) is 1.38. The Morgan fingerprint density at radius 2 is 2.00 bits per heavy atom. The van der Waals surface area contributed by atoms with Gasteiger partial charge in [0.1, 0.15) is 0 Å². The van der Waals surface area contributed by atoms with Crippen LogP contribution in [0.4, 0.5) is 0 Å². The topological polar surface area (TPSA) is 83.6 Å². The third kappa shape index (κ3) is 4.49. The molecule has 1 fully saturated rings. The van der Waals surface area contributed by atoms with Crippen LogP contribution < -0.4 is 5.73 Å². The highest BCUT2D eigenvalue weighted by Gasteiger charge is 2.37. The van der Waals surface area contributed by atoms with E-state index in [1.165, 1.54) is 0 Å². The molecule has 5 nitrogen and oxygen atoms in total. The molecule has 0 aromatic heterocycles. The van der Waals surface area contributed by atoms with Crippen molar-refractivity contribution in [2.24, 2.45) is 29.4 Å². The number of hydrogen-bond acceptors (Lipinski definition) is 3. The zero-order valence-corrected chi connectivity index (χ0v) is 12.1. The molecule has 1 saturated heterocycles. The Morgan fingerprint density at radius 1 is 1.37 bits per heavy atom. The van der Waals surface area contributed by atoms with E-state index in [4.69, 9.17) is 10.8 Å². The van der Waals surface area contributed by atoms with Gasteiger partial charge in [0.2, 0.25) is 5.91 Å². The smallest absolute Gasteiger partial charge is 0.308 e. The quantitative estimate of drug-likeness (QED) is 0.759. The molecule has 19 heavy (non-hydrogen) atoms. The SMILES string of the molecule is CC(C)C[C@H](CN)CC(=O)N1C[C@@H](C)[C@H](C(=O)O)C1. The number of carboxylic acid groups (broad SMARTS) is 1. The minimum atomic E-state index is -0.805. The van der Waals surface area contributed by atoms with E-state index in [0.29, 0.717) is 32.0 Å². The number of nitrogens with zero attached hydrogens (tertiary/aromatic N) is 1. The maximum Gasteiger partial charge on any atom is 0.308 e. The van der Waals surface area contributed by atoms with E-state index in [9.17, 15) is 9.59 Å². The lowest BCUT2D eigenvalue weighted by molar-refractivity contribution is -0.142. The minimum absolute atomic E-state index is 0.0304. The van der Waals surface area contributed by atoms with E-state index in [1.54, 1.807) is 4.90 Å². The van der Waals surface area contributed by atoms with Gasteiger partial charge in [-0.05, 0) is 30.7 Å². The maximum absolute atomic E-state index is 12.2. The Balaban J connectivity index is 2.52. The maximum atomic E-state index is 12.2. The number of aliphatic carboxylic acids is 1. The molecule has 0 radical (unpaired) electrons. The highest BCUT2D eigenvalue weighted by atomic mass is 16.4. The average molecular weight is 270 g/mol. The van der Waals surface area contributed by atoms with Gasteiger partial charge in [-0.25, -0.2) is 0 Å². The predicted molar refractivity (Wildman–Crippen MR) is 73.5 cm³/mol. The molecule has 0 aromatic rings. The lowest BCUT2D eigenvalue weighted by atomic mass is 9.94. The number of likely N-dealkylation sites (tertiary alicyclic amines) is 1. The highest BCUT2D eigenvalue weighted by Crippen LogP contribution is 2.25. The van der Waals surface area contributed by atoms with Crippen molar-refractivity contribution in [3.63, 3.8) is 0 Å². The fourth-order valence-electron chi connectivity index (χ4n) is 2.80. The standard InChI is InChI=1S/C14H26N2O3/c1-9(2)4-11(6-15)5-13(17)16-7-10(3)12(8-16)14(18)19/h9-12H,4-8,15H2,1-3H3,(H,18,19)/t10-,11+,12-/m1/s1. The van der Waals surface area contributed by atoms with Crippen LogP contribution in [0.3, 0.4) is 0 Å². The first-order valence-corrected chi connectivity index (χ1v) is 7.05. The summed E-state index contributed by atoms with van der Waals surface area (Å²) < 4.78 is 0. The Bertz CT molecular complexity index is 331. The van der Waals surface area contributed by atoms with Gasteiger partial charge in [0.15, 0.2) is 0 Å². The average Bonchev–Trinajstić information content (AvgIpc) is 2.70. The van der Waals surface area contributed by atoms with E-state index >= 15 is 0 Å². The van der Waals surface area contributed by atoms with Crippen molar-refractivity contribution in [3.05, 3.63) is 0 Å². The van der Waals surface area contributed by atoms with Crippen molar-refractivity contribution in [1.82, 2.24) is 4.90 Å². The summed E-state index contributed by atoms with van der Waals surface area (Å²) in [6.45, 7) is 7.52. The second kappa shape index (κ2) is 6.89. The molecule has 5 heteroatoms. The van der Waals surface area contributed by atoms with Gasteiger partial charge in [-0.3, -0.25) is 9.59 Å². The molecule has 0 aromatic carbocycles. The highest BCUT2D eigenvalue weighted by molar-refractivity contribution is 5.79. The van der Waals surface area contributed by atoms with Crippen LogP contribution >= 0.6 is 0 Å². The van der Waals surface area contributed by atoms with E-state index in [1.807, 2.05) is 6.92 Å². The minimum Gasteiger partial charge on any atom is -0.481 e. The third-order valence-corrected chi connectivity index (χ3v) is 3.88. The van der Waals surface area contributed by atoms with Gasteiger partial charge in [-0.15, -0.1) is 0 Å². The van der Waals surface area contributed by atoms with E-state index in [2.05, 4.69) is 13.8 Å². The summed E-state index contributed by atoms with van der Waals surface area (Å²) in [4.78, 5) is 24.9. The van der Waals surface area contributed by atoms with Crippen LogP contribution in [0.15, 0.2) is 0 Å². The largest absolute Gasteiger partial charge is 0.481 e. The lowest BCUT2D eigenvalue weighted by Crippen LogP contribution is -2.33. The van der Waals surface area contributed by atoms with Crippen molar-refractivity contribution in [3.8, 4) is 0 Å². The van der Waals surface area contributed by atoms with Gasteiger partial charge in [0, 0.05) is 19.5 Å². The second-order valence-corrected chi connectivity index (χ2v) is 6.16. The van der Waals surface area contributed by atoms with Crippen LogP contribution in [0.25, 0.3) is 0 Å². The summed E-state index contributed by atoms with van der Waals surface area (Å²) in [7, 11) is 0. The molecular formula is C14H26N2O3. The van der Waals surface area contributed by atoms with Crippen LogP contribution in [0, 0.1) is 23.7 Å². The number of hydrogen-bond donors (Lipinski definition) is 2. The predicted octanol–water partition coefficient (Wildman–Crippen LogP) is 1.18. The summed E-state index contributed by atoms with van der Waals surface area (Å²) in [6, 6.07) is 0. The first-order valence-electron chi connectivity index (χ1n) is 7.05. The summed E-state index contributed by atoms with van der Waals surface area (Å²) in [5.74, 6) is -0.433. The Morgan fingerprint density at radius 3 is 2.42 bits per heavy atom. The molecule has 110 valence electrons. The zero-order valence-electron chi connectivity index (χ0n) is 12.1. The van der Waals surface area contributed by atoms with Crippen molar-refractivity contribution in [2.45, 2.75) is 33.6 Å². The Kier molecular flexibility index (Phi) is 5.79.